The van der Waals surface area contributed by atoms with E-state index in [1.54, 1.807) is 0 Å². The first kappa shape index (κ1) is 16.7. The molecule has 2 aromatic heterocycles. The van der Waals surface area contributed by atoms with E-state index in [9.17, 15) is 0 Å². The highest BCUT2D eigenvalue weighted by Crippen LogP contribution is 2.37. The zero-order valence-electron chi connectivity index (χ0n) is 15.6. The second-order valence-corrected chi connectivity index (χ2v) is 7.27. The normalized spacial score (nSPS) is 18.5. The molecule has 6 heteroatoms. The van der Waals surface area contributed by atoms with Crippen LogP contribution in [-0.4, -0.2) is 19.9 Å². The lowest BCUT2D eigenvalue weighted by atomic mass is 9.99. The molecule has 2 aliphatic carbocycles. The summed E-state index contributed by atoms with van der Waals surface area (Å²) in [4.78, 5) is 15.5. The van der Waals surface area contributed by atoms with Gasteiger partial charge in [0.05, 0.1) is 17.8 Å². The molecule has 5 rings (SSSR count). The zero-order valence-corrected chi connectivity index (χ0v) is 15.6. The van der Waals surface area contributed by atoms with Gasteiger partial charge in [-0.1, -0.05) is 30.4 Å². The van der Waals surface area contributed by atoms with Gasteiger partial charge in [-0.25, -0.2) is 9.97 Å². The number of nitrogens with two attached hydrogens (primary N) is 2. The molecule has 0 unspecified atom stereocenters. The molecule has 1 aliphatic heterocycles. The minimum absolute atomic E-state index is 0.171. The van der Waals surface area contributed by atoms with Gasteiger partial charge in [0, 0.05) is 17.8 Å². The van der Waals surface area contributed by atoms with Crippen LogP contribution in [0.4, 0.5) is 11.8 Å². The van der Waals surface area contributed by atoms with Crippen LogP contribution in [0.1, 0.15) is 31.4 Å². The number of pyridine rings is 1. The van der Waals surface area contributed by atoms with Gasteiger partial charge in [0.25, 0.3) is 0 Å². The van der Waals surface area contributed by atoms with E-state index in [2.05, 4.69) is 51.3 Å². The van der Waals surface area contributed by atoms with Crippen molar-refractivity contribution in [2.45, 2.75) is 32.2 Å². The van der Waals surface area contributed by atoms with Crippen LogP contribution >= 0.6 is 0 Å². The zero-order chi connectivity index (χ0) is 19.1. The van der Waals surface area contributed by atoms with Crippen LogP contribution in [0.5, 0.6) is 0 Å². The maximum Gasteiger partial charge on any atom is 0.222 e. The van der Waals surface area contributed by atoms with Crippen LogP contribution < -0.4 is 11.5 Å². The van der Waals surface area contributed by atoms with E-state index >= 15 is 0 Å². The Morgan fingerprint density at radius 2 is 1.82 bits per heavy atom. The molecule has 0 saturated carbocycles. The smallest absolute Gasteiger partial charge is 0.222 e. The minimum atomic E-state index is 0.171. The third-order valence-electron chi connectivity index (χ3n) is 5.48. The number of rotatable bonds is 2. The maximum absolute atomic E-state index is 6.04. The van der Waals surface area contributed by atoms with Crippen molar-refractivity contribution in [2.75, 3.05) is 11.5 Å². The molecule has 0 aromatic carbocycles. The van der Waals surface area contributed by atoms with Gasteiger partial charge < -0.3 is 16.4 Å². The highest BCUT2D eigenvalue weighted by Gasteiger charge is 2.25. The third-order valence-corrected chi connectivity index (χ3v) is 5.48. The number of hydrogen-bond acceptors (Lipinski definition) is 6. The fourth-order valence-corrected chi connectivity index (χ4v) is 4.12. The number of hydrogen-bond donors (Lipinski definition) is 2. The summed E-state index contributed by atoms with van der Waals surface area (Å²) in [6.07, 6.45) is 17.4. The summed E-state index contributed by atoms with van der Waals surface area (Å²) < 4.78 is 0. The molecule has 6 nitrogen and oxygen atoms in total. The average molecular weight is 370 g/mol. The Labute approximate surface area is 163 Å². The summed E-state index contributed by atoms with van der Waals surface area (Å²) in [6, 6.07) is 3.92. The van der Waals surface area contributed by atoms with E-state index in [4.69, 9.17) is 16.5 Å². The minimum Gasteiger partial charge on any atom is -0.382 e. The summed E-state index contributed by atoms with van der Waals surface area (Å²) in [7, 11) is 0. The predicted octanol–water partition coefficient (Wildman–Crippen LogP) is 3.77. The summed E-state index contributed by atoms with van der Waals surface area (Å²) in [5.41, 5.74) is 19.5. The molecule has 0 radical (unpaired) electrons. The molecule has 0 saturated heterocycles. The van der Waals surface area contributed by atoms with Crippen LogP contribution in [-0.2, 0) is 6.54 Å². The van der Waals surface area contributed by atoms with E-state index in [0.717, 1.165) is 31.4 Å². The van der Waals surface area contributed by atoms with E-state index < -0.39 is 0 Å². The third kappa shape index (κ3) is 2.87. The summed E-state index contributed by atoms with van der Waals surface area (Å²) in [5.74, 6) is 0.492. The molecule has 28 heavy (non-hydrogen) atoms. The van der Waals surface area contributed by atoms with Crippen molar-refractivity contribution >= 4 is 22.8 Å². The molecule has 3 heterocycles. The Morgan fingerprint density at radius 1 is 0.929 bits per heavy atom. The van der Waals surface area contributed by atoms with Crippen molar-refractivity contribution in [1.82, 2.24) is 19.9 Å². The molecule has 0 atom stereocenters. The van der Waals surface area contributed by atoms with Crippen LogP contribution in [0.25, 0.3) is 11.0 Å². The number of nitrogen functional groups attached to an aromatic ring is 2. The molecule has 0 bridgehead atoms. The Kier molecular flexibility index (Phi) is 3.97. The number of fused-ring (bicyclic) bond motifs is 2. The Morgan fingerprint density at radius 3 is 2.75 bits per heavy atom. The van der Waals surface area contributed by atoms with Gasteiger partial charge in [-0.05, 0) is 48.6 Å². The van der Waals surface area contributed by atoms with Crippen LogP contribution in [0.15, 0.2) is 71.1 Å². The van der Waals surface area contributed by atoms with E-state index in [1.165, 1.54) is 22.5 Å². The fourth-order valence-electron chi connectivity index (χ4n) is 4.12. The van der Waals surface area contributed by atoms with Crippen LogP contribution in [0, 0.1) is 0 Å². The van der Waals surface area contributed by atoms with Gasteiger partial charge in [-0.15, -0.1) is 0 Å². The molecule has 0 fully saturated rings. The van der Waals surface area contributed by atoms with E-state index in [0.29, 0.717) is 23.4 Å². The summed E-state index contributed by atoms with van der Waals surface area (Å²) in [6.45, 7) is 0.684. The Balaban J connectivity index is 1.58. The highest BCUT2D eigenvalue weighted by molar-refractivity contribution is 5.84. The largest absolute Gasteiger partial charge is 0.382 e. The molecule has 2 aromatic rings. The first-order valence-corrected chi connectivity index (χ1v) is 9.57. The maximum atomic E-state index is 6.04. The number of allylic oxidation sites excluding steroid dienone is 8. The summed E-state index contributed by atoms with van der Waals surface area (Å²) in [5, 5.41) is 0. The number of anilines is 2. The first-order valence-electron chi connectivity index (χ1n) is 9.57. The van der Waals surface area contributed by atoms with Gasteiger partial charge in [0.1, 0.15) is 5.52 Å². The van der Waals surface area contributed by atoms with Crippen LogP contribution in [0.2, 0.25) is 0 Å². The van der Waals surface area contributed by atoms with Crippen molar-refractivity contribution in [3.05, 3.63) is 76.8 Å². The average Bonchev–Trinajstić information content (AvgIpc) is 2.86. The van der Waals surface area contributed by atoms with Crippen molar-refractivity contribution < 1.29 is 0 Å². The van der Waals surface area contributed by atoms with E-state index in [-0.39, 0.29) is 5.95 Å². The molecule has 140 valence electrons. The lowest BCUT2D eigenvalue weighted by Gasteiger charge is -2.32. The second kappa shape index (κ2) is 6.64. The lowest BCUT2D eigenvalue weighted by molar-refractivity contribution is 0.406. The fraction of sp³-hybridized carbons (Fsp3) is 0.227. The van der Waals surface area contributed by atoms with Gasteiger partial charge >= 0.3 is 0 Å². The second-order valence-electron chi connectivity index (χ2n) is 7.27. The molecule has 3 aliphatic rings. The van der Waals surface area contributed by atoms with Crippen LogP contribution in [0.3, 0.4) is 0 Å². The summed E-state index contributed by atoms with van der Waals surface area (Å²) >= 11 is 0. The van der Waals surface area contributed by atoms with E-state index in [1.807, 2.05) is 12.1 Å². The molecule has 0 spiro atoms. The monoisotopic (exact) mass is 370 g/mol. The van der Waals surface area contributed by atoms with Crippen molar-refractivity contribution in [3.8, 4) is 0 Å². The quantitative estimate of drug-likeness (QED) is 0.782. The van der Waals surface area contributed by atoms with Crippen molar-refractivity contribution in [2.24, 2.45) is 0 Å². The number of aromatic nitrogens is 3. The lowest BCUT2D eigenvalue weighted by Crippen LogP contribution is -2.25. The first-order chi connectivity index (χ1) is 13.7. The van der Waals surface area contributed by atoms with Gasteiger partial charge in [0.15, 0.2) is 5.82 Å². The predicted molar refractivity (Wildman–Crippen MR) is 112 cm³/mol. The molecular formula is C22H22N6. The van der Waals surface area contributed by atoms with Crippen molar-refractivity contribution in [3.63, 3.8) is 0 Å². The Hall–Kier alpha value is -3.41. The molecule has 4 N–H and O–H groups in total. The van der Waals surface area contributed by atoms with Gasteiger partial charge in [0.2, 0.25) is 5.95 Å². The topological polar surface area (TPSA) is 93.9 Å². The van der Waals surface area contributed by atoms with Gasteiger partial charge in [-0.3, -0.25) is 0 Å². The number of nitrogens with zero attached hydrogens (tertiary/aromatic N) is 4. The highest BCUT2D eigenvalue weighted by atomic mass is 15.2. The SMILES string of the molecule is Nc1nc(N)c2nc(CN3C4=CC=CCC4=CCC4=C3CC=CC4)ccc2n1. The molecule has 0 amide bonds. The van der Waals surface area contributed by atoms with Crippen molar-refractivity contribution in [1.29, 1.82) is 0 Å². The molecular weight excluding hydrogens is 348 g/mol. The Bertz CT molecular complexity index is 1120. The van der Waals surface area contributed by atoms with Gasteiger partial charge in [-0.2, -0.15) is 4.98 Å². The standard InChI is InChI=1S/C22H22N6/c23-21-20-17(26-22(24)27-21)12-11-16(25-20)13-28-18-7-3-1-5-14(18)9-10-15-6-2-4-8-19(15)28/h1-4,7,9,11-12H,5-6,8,10,13H2,(H4,23,24,26,27).